The summed E-state index contributed by atoms with van der Waals surface area (Å²) in [5.41, 5.74) is 0.186. The van der Waals surface area contributed by atoms with E-state index in [-0.39, 0.29) is 98.5 Å². The number of allylic oxidation sites excluding steroid dienone is 2. The van der Waals surface area contributed by atoms with E-state index in [1.807, 2.05) is 0 Å². The molecule has 4 atom stereocenters. The predicted molar refractivity (Wildman–Crippen MR) is 192 cm³/mol. The van der Waals surface area contributed by atoms with Crippen LogP contribution in [0.4, 0.5) is 58.9 Å². The van der Waals surface area contributed by atoms with Crippen molar-refractivity contribution in [1.29, 1.82) is 0 Å². The van der Waals surface area contributed by atoms with Crippen LogP contribution in [0.2, 0.25) is 0 Å². The molecule has 0 saturated carbocycles. The average Bonchev–Trinajstić information content (AvgIpc) is 2.98. The first-order valence-electron chi connectivity index (χ1n) is 16.0. The summed E-state index contributed by atoms with van der Waals surface area (Å²) in [7, 11) is 0. The molecule has 0 aromatic carbocycles. The fourth-order valence-corrected chi connectivity index (χ4v) is 4.62. The molecule has 0 saturated heterocycles. The van der Waals surface area contributed by atoms with Gasteiger partial charge in [0.2, 0.25) is 23.8 Å². The summed E-state index contributed by atoms with van der Waals surface area (Å²) in [6, 6.07) is -3.94. The Bertz CT molecular complexity index is 1420. The second-order valence-corrected chi connectivity index (χ2v) is 12.5. The van der Waals surface area contributed by atoms with Gasteiger partial charge in [0.1, 0.15) is 35.9 Å². The Morgan fingerprint density at radius 3 is 1.10 bits per heavy atom. The molecular formula is C30H46F8N10O2S2. The lowest BCUT2D eigenvalue weighted by atomic mass is 9.96. The third-order valence-electron chi connectivity index (χ3n) is 7.29. The second-order valence-electron chi connectivity index (χ2n) is 12.5. The van der Waals surface area contributed by atoms with Crippen LogP contribution in [0.5, 0.6) is 0 Å². The Hall–Kier alpha value is -3.24. The summed E-state index contributed by atoms with van der Waals surface area (Å²) in [6.45, 7) is 9.09. The summed E-state index contributed by atoms with van der Waals surface area (Å²) in [5, 5.41) is 29.4. The first kappa shape index (κ1) is 46.8. The van der Waals surface area contributed by atoms with Crippen molar-refractivity contribution in [1.82, 2.24) is 29.9 Å². The van der Waals surface area contributed by atoms with Crippen LogP contribution in [-0.4, -0.2) is 88.8 Å². The minimum atomic E-state index is -4.48. The zero-order valence-electron chi connectivity index (χ0n) is 29.3. The Balaban J connectivity index is 0.000000501. The van der Waals surface area contributed by atoms with E-state index < -0.39 is 48.3 Å². The Morgan fingerprint density at radius 1 is 0.538 bits per heavy atom. The number of hydrogen-bond donors (Lipinski definition) is 6. The van der Waals surface area contributed by atoms with Crippen LogP contribution < -0.4 is 21.3 Å². The van der Waals surface area contributed by atoms with Crippen molar-refractivity contribution in [2.75, 3.05) is 21.3 Å². The van der Waals surface area contributed by atoms with Gasteiger partial charge in [-0.1, -0.05) is 0 Å². The topological polar surface area (TPSA) is 166 Å². The number of rotatable bonds is 10. The van der Waals surface area contributed by atoms with E-state index in [0.29, 0.717) is 25.7 Å². The summed E-state index contributed by atoms with van der Waals surface area (Å²) in [6.07, 6.45) is -9.23. The summed E-state index contributed by atoms with van der Waals surface area (Å²) in [4.78, 5) is 23.8. The van der Waals surface area contributed by atoms with Crippen molar-refractivity contribution in [2.45, 2.75) is 129 Å². The van der Waals surface area contributed by atoms with Gasteiger partial charge in [0.25, 0.3) is 0 Å². The van der Waals surface area contributed by atoms with Crippen molar-refractivity contribution in [3.8, 4) is 0 Å². The Labute approximate surface area is 310 Å². The van der Waals surface area contributed by atoms with Crippen LogP contribution in [0.25, 0.3) is 11.1 Å². The normalized spacial score (nSPS) is 19.2. The average molecular weight is 795 g/mol. The van der Waals surface area contributed by atoms with E-state index in [0.717, 1.165) is 13.8 Å². The molecule has 22 heteroatoms. The van der Waals surface area contributed by atoms with Crippen LogP contribution >= 0.6 is 27.0 Å². The van der Waals surface area contributed by atoms with Gasteiger partial charge in [0.15, 0.2) is 11.6 Å². The smallest absolute Gasteiger partial charge is 0.386 e. The van der Waals surface area contributed by atoms with E-state index in [1.165, 1.54) is 0 Å². The number of halogens is 8. The van der Waals surface area contributed by atoms with Crippen LogP contribution in [0, 0.1) is 0 Å². The van der Waals surface area contributed by atoms with Gasteiger partial charge in [0, 0.05) is 23.2 Å². The molecule has 0 aliphatic heterocycles. The van der Waals surface area contributed by atoms with Gasteiger partial charge >= 0.3 is 12.4 Å². The quantitative estimate of drug-likeness (QED) is 0.140. The van der Waals surface area contributed by atoms with Gasteiger partial charge < -0.3 is 31.5 Å². The molecule has 0 radical (unpaired) electrons. The zero-order chi connectivity index (χ0) is 37.6. The molecular weight excluding hydrogens is 749 g/mol. The van der Waals surface area contributed by atoms with Gasteiger partial charge in [-0.05, 0) is 80.1 Å². The fraction of sp³-hybridized carbons (Fsp3) is 0.667. The minimum Gasteiger partial charge on any atom is -0.386 e. The molecule has 0 fully saturated rings. The van der Waals surface area contributed by atoms with Crippen LogP contribution in [-0.2, 0) is 0 Å². The van der Waals surface area contributed by atoms with Gasteiger partial charge in [-0.15, -0.1) is 0 Å². The second kappa shape index (κ2) is 19.7. The first-order valence-corrected chi connectivity index (χ1v) is 16.0. The van der Waals surface area contributed by atoms with Crippen molar-refractivity contribution in [3.05, 3.63) is 23.3 Å². The van der Waals surface area contributed by atoms with E-state index in [2.05, 4.69) is 51.2 Å². The molecule has 2 aliphatic carbocycles. The first-order chi connectivity index (χ1) is 23.1. The van der Waals surface area contributed by atoms with Crippen LogP contribution in [0.1, 0.15) is 91.7 Å². The number of aromatic nitrogens is 6. The number of aliphatic hydroxyl groups excluding tert-OH is 2. The molecule has 296 valence electrons. The highest BCUT2D eigenvalue weighted by atomic mass is 32.1. The van der Waals surface area contributed by atoms with Crippen LogP contribution in [0.3, 0.4) is 0 Å². The summed E-state index contributed by atoms with van der Waals surface area (Å²) in [5.74, 6) is -2.19. The Kier molecular flexibility index (Phi) is 17.7. The van der Waals surface area contributed by atoms with E-state index in [4.69, 9.17) is 0 Å². The minimum absolute atomic E-state index is 0. The monoisotopic (exact) mass is 794 g/mol. The molecule has 2 aliphatic rings. The number of alkyl halides is 6. The lowest BCUT2D eigenvalue weighted by molar-refractivity contribution is -0.139. The fourth-order valence-electron chi connectivity index (χ4n) is 4.62. The molecule has 0 bridgehead atoms. The number of anilines is 4. The van der Waals surface area contributed by atoms with Gasteiger partial charge in [0.05, 0.1) is 0 Å². The molecule has 6 N–H and O–H groups in total. The van der Waals surface area contributed by atoms with E-state index >= 15 is 0 Å². The molecule has 2 heterocycles. The third kappa shape index (κ3) is 13.6. The van der Waals surface area contributed by atoms with Gasteiger partial charge in [-0.3, -0.25) is 0 Å². The van der Waals surface area contributed by atoms with Gasteiger partial charge in [-0.2, -0.15) is 83.2 Å². The standard InChI is InChI=1S/2C15H21F4N5O.2H2S/c2*1-7(2)20-13-22-12(9-5-4-6-10(25)11(9)16)23-14(24-13)21-8(3)15(17,18)19;;/h2*7-8,10,25H,4-6H2,1-3H3,(H2,20,21,22,23,24);2*1H2/t8-,10+;8-,10-;;/m00../s1. The maximum atomic E-state index is 14.2. The molecule has 0 amide bonds. The predicted octanol–water partition coefficient (Wildman–Crippen LogP) is 6.79. The summed E-state index contributed by atoms with van der Waals surface area (Å²) >= 11 is 0. The molecule has 2 aromatic rings. The lowest BCUT2D eigenvalue weighted by Gasteiger charge is -2.21. The third-order valence-corrected chi connectivity index (χ3v) is 7.29. The maximum absolute atomic E-state index is 14.2. The molecule has 0 spiro atoms. The highest BCUT2D eigenvalue weighted by Crippen LogP contribution is 2.34. The van der Waals surface area contributed by atoms with Crippen molar-refractivity contribution in [3.63, 3.8) is 0 Å². The molecule has 52 heavy (non-hydrogen) atoms. The molecule has 12 nitrogen and oxygen atoms in total. The lowest BCUT2D eigenvalue weighted by Crippen LogP contribution is -2.34. The van der Waals surface area contributed by atoms with Crippen LogP contribution in [0.15, 0.2) is 11.7 Å². The highest BCUT2D eigenvalue weighted by molar-refractivity contribution is 7.59. The Morgan fingerprint density at radius 2 is 0.827 bits per heavy atom. The van der Waals surface area contributed by atoms with Crippen molar-refractivity contribution < 1.29 is 45.3 Å². The number of nitrogens with one attached hydrogen (secondary N) is 4. The largest absolute Gasteiger partial charge is 0.408 e. The SMILES string of the molecule is CC(C)Nc1nc(N[C@@H](C)C(F)(F)F)nc(C2=C(F)[C@@H](O)CCC2)n1.CC(C)Nc1nc(N[C@@H](C)C(F)(F)F)nc(C2=C(F)[C@H](O)CCC2)n1.S.S. The van der Waals surface area contributed by atoms with Crippen molar-refractivity contribution >= 4 is 61.9 Å². The zero-order valence-corrected chi connectivity index (χ0v) is 31.3. The summed E-state index contributed by atoms with van der Waals surface area (Å²) < 4.78 is 105. The van der Waals surface area contributed by atoms with Crippen molar-refractivity contribution in [2.24, 2.45) is 0 Å². The number of hydrogen-bond acceptors (Lipinski definition) is 12. The van der Waals surface area contributed by atoms with Gasteiger partial charge in [-0.25, -0.2) is 8.78 Å². The molecule has 2 aromatic heterocycles. The highest BCUT2D eigenvalue weighted by Gasteiger charge is 2.38. The number of aliphatic hydroxyl groups is 2. The maximum Gasteiger partial charge on any atom is 0.408 e. The van der Waals surface area contributed by atoms with E-state index in [1.54, 1.807) is 27.7 Å². The molecule has 0 unspecified atom stereocenters. The van der Waals surface area contributed by atoms with E-state index in [9.17, 15) is 45.3 Å². The molecule has 4 rings (SSSR count). The number of nitrogens with zero attached hydrogens (tertiary/aromatic N) is 6.